The highest BCUT2D eigenvalue weighted by molar-refractivity contribution is 7.99. The zero-order valence-electron chi connectivity index (χ0n) is 11.7. The summed E-state index contributed by atoms with van der Waals surface area (Å²) in [7, 11) is -3.86. The number of nitrogens with one attached hydrogen (secondary N) is 1. The molecular formula is C14H14N2O4S2. The summed E-state index contributed by atoms with van der Waals surface area (Å²) in [5, 5.41) is 10.7. The van der Waals surface area contributed by atoms with Gasteiger partial charge in [-0.3, -0.25) is 14.8 Å². The van der Waals surface area contributed by atoms with Crippen LogP contribution in [0, 0.1) is 10.1 Å². The van der Waals surface area contributed by atoms with Crippen LogP contribution in [0.25, 0.3) is 0 Å². The lowest BCUT2D eigenvalue weighted by Gasteiger charge is -2.08. The zero-order chi connectivity index (χ0) is 16.2. The third-order valence-electron chi connectivity index (χ3n) is 2.76. The minimum Gasteiger partial charge on any atom is -0.280 e. The Morgan fingerprint density at radius 3 is 2.45 bits per heavy atom. The SMILES string of the molecule is CCSc1ccc(NS(=O)(=O)c2cccc([N+](=O)[O-])c2)cc1. The highest BCUT2D eigenvalue weighted by Crippen LogP contribution is 2.23. The van der Waals surface area contributed by atoms with Crippen LogP contribution in [0.4, 0.5) is 11.4 Å². The number of sulfonamides is 1. The van der Waals surface area contributed by atoms with Crippen molar-refractivity contribution in [3.05, 3.63) is 58.6 Å². The quantitative estimate of drug-likeness (QED) is 0.494. The van der Waals surface area contributed by atoms with Gasteiger partial charge in [0, 0.05) is 22.7 Å². The minimum atomic E-state index is -3.86. The monoisotopic (exact) mass is 338 g/mol. The average Bonchev–Trinajstić information content (AvgIpc) is 2.49. The second kappa shape index (κ2) is 6.80. The van der Waals surface area contributed by atoms with E-state index < -0.39 is 14.9 Å². The summed E-state index contributed by atoms with van der Waals surface area (Å²) < 4.78 is 26.9. The molecule has 116 valence electrons. The maximum Gasteiger partial charge on any atom is 0.270 e. The molecule has 0 heterocycles. The van der Waals surface area contributed by atoms with Gasteiger partial charge in [-0.05, 0) is 36.1 Å². The van der Waals surface area contributed by atoms with Gasteiger partial charge in [-0.15, -0.1) is 11.8 Å². The summed E-state index contributed by atoms with van der Waals surface area (Å²) in [6.07, 6.45) is 0. The van der Waals surface area contributed by atoms with Gasteiger partial charge in [0.15, 0.2) is 0 Å². The predicted octanol–water partition coefficient (Wildman–Crippen LogP) is 3.51. The van der Waals surface area contributed by atoms with Crippen molar-refractivity contribution in [1.82, 2.24) is 0 Å². The molecule has 6 nitrogen and oxygen atoms in total. The predicted molar refractivity (Wildman–Crippen MR) is 86.7 cm³/mol. The van der Waals surface area contributed by atoms with Gasteiger partial charge in [0.05, 0.1) is 9.82 Å². The number of nitro benzene ring substituents is 1. The summed E-state index contributed by atoms with van der Waals surface area (Å²) in [4.78, 5) is 11.0. The topological polar surface area (TPSA) is 89.3 Å². The first-order chi connectivity index (χ1) is 10.4. The number of thioether (sulfide) groups is 1. The molecule has 8 heteroatoms. The van der Waals surface area contributed by atoms with Gasteiger partial charge in [0.1, 0.15) is 0 Å². The lowest BCUT2D eigenvalue weighted by Crippen LogP contribution is -2.13. The van der Waals surface area contributed by atoms with Crippen LogP contribution in [-0.4, -0.2) is 19.1 Å². The highest BCUT2D eigenvalue weighted by Gasteiger charge is 2.17. The van der Waals surface area contributed by atoms with E-state index in [9.17, 15) is 18.5 Å². The van der Waals surface area contributed by atoms with E-state index in [-0.39, 0.29) is 10.6 Å². The molecule has 0 aliphatic rings. The van der Waals surface area contributed by atoms with Crippen LogP contribution in [0.5, 0.6) is 0 Å². The van der Waals surface area contributed by atoms with Crippen LogP contribution >= 0.6 is 11.8 Å². The van der Waals surface area contributed by atoms with Crippen LogP contribution in [0.1, 0.15) is 6.92 Å². The number of non-ortho nitro benzene ring substituents is 1. The Kier molecular flexibility index (Phi) is 5.04. The van der Waals surface area contributed by atoms with E-state index in [0.29, 0.717) is 5.69 Å². The van der Waals surface area contributed by atoms with E-state index >= 15 is 0 Å². The first kappa shape index (κ1) is 16.3. The summed E-state index contributed by atoms with van der Waals surface area (Å²) in [5.41, 5.74) is 0.143. The molecule has 2 aromatic rings. The highest BCUT2D eigenvalue weighted by atomic mass is 32.2. The summed E-state index contributed by atoms with van der Waals surface area (Å²) in [6.45, 7) is 2.03. The molecule has 2 rings (SSSR count). The normalized spacial score (nSPS) is 11.1. The van der Waals surface area contributed by atoms with Crippen molar-refractivity contribution < 1.29 is 13.3 Å². The second-order valence-electron chi connectivity index (χ2n) is 4.32. The number of benzene rings is 2. The van der Waals surface area contributed by atoms with Crippen molar-refractivity contribution in [2.24, 2.45) is 0 Å². The number of nitro groups is 1. The summed E-state index contributed by atoms with van der Waals surface area (Å²) >= 11 is 1.65. The van der Waals surface area contributed by atoms with E-state index in [0.717, 1.165) is 16.7 Å². The standard InChI is InChI=1S/C14H14N2O4S2/c1-2-21-13-8-6-11(7-9-13)15-22(19,20)14-5-3-4-12(10-14)16(17)18/h3-10,15H,2H2,1H3. The van der Waals surface area contributed by atoms with E-state index in [4.69, 9.17) is 0 Å². The lowest BCUT2D eigenvalue weighted by molar-refractivity contribution is -0.385. The number of hydrogen-bond donors (Lipinski definition) is 1. The Morgan fingerprint density at radius 1 is 1.18 bits per heavy atom. The molecule has 0 saturated carbocycles. The van der Waals surface area contributed by atoms with E-state index in [1.165, 1.54) is 18.2 Å². The Hall–Kier alpha value is -2.06. The maximum atomic E-state index is 12.2. The molecule has 0 unspecified atom stereocenters. The Labute approximate surface area is 132 Å². The molecule has 0 aliphatic heterocycles. The molecule has 1 N–H and O–H groups in total. The Morgan fingerprint density at radius 2 is 1.86 bits per heavy atom. The third-order valence-corrected chi connectivity index (χ3v) is 5.03. The third kappa shape index (κ3) is 3.99. The molecule has 2 aromatic carbocycles. The van der Waals surface area contributed by atoms with Crippen LogP contribution in [0.2, 0.25) is 0 Å². The van der Waals surface area contributed by atoms with Crippen LogP contribution < -0.4 is 4.72 Å². The number of hydrogen-bond acceptors (Lipinski definition) is 5. The summed E-state index contributed by atoms with van der Waals surface area (Å²) in [5.74, 6) is 0.929. The molecule has 0 aromatic heterocycles. The minimum absolute atomic E-state index is 0.145. The van der Waals surface area contributed by atoms with Gasteiger partial charge in [-0.25, -0.2) is 8.42 Å². The Bertz CT molecular complexity index is 774. The molecule has 0 fully saturated rings. The maximum absolute atomic E-state index is 12.2. The van der Waals surface area contributed by atoms with Crippen molar-refractivity contribution in [1.29, 1.82) is 0 Å². The van der Waals surface area contributed by atoms with Crippen molar-refractivity contribution in [2.75, 3.05) is 10.5 Å². The second-order valence-corrected chi connectivity index (χ2v) is 7.34. The van der Waals surface area contributed by atoms with Crippen LogP contribution in [-0.2, 0) is 10.0 Å². The van der Waals surface area contributed by atoms with Crippen molar-refractivity contribution in [2.45, 2.75) is 16.7 Å². The fraction of sp³-hybridized carbons (Fsp3) is 0.143. The molecule has 0 amide bonds. The van der Waals surface area contributed by atoms with Crippen LogP contribution in [0.3, 0.4) is 0 Å². The van der Waals surface area contributed by atoms with Crippen molar-refractivity contribution in [3.8, 4) is 0 Å². The molecule has 0 spiro atoms. The first-order valence-electron chi connectivity index (χ1n) is 6.42. The molecule has 22 heavy (non-hydrogen) atoms. The molecule has 0 atom stereocenters. The van der Waals surface area contributed by atoms with Gasteiger partial charge < -0.3 is 0 Å². The van der Waals surface area contributed by atoms with Crippen molar-refractivity contribution in [3.63, 3.8) is 0 Å². The molecule has 0 saturated heterocycles. The number of anilines is 1. The lowest BCUT2D eigenvalue weighted by atomic mass is 10.3. The van der Waals surface area contributed by atoms with Crippen molar-refractivity contribution >= 4 is 33.2 Å². The fourth-order valence-corrected chi connectivity index (χ4v) is 3.52. The zero-order valence-corrected chi connectivity index (χ0v) is 13.4. The van der Waals surface area contributed by atoms with Gasteiger partial charge in [-0.2, -0.15) is 0 Å². The van der Waals surface area contributed by atoms with E-state index in [2.05, 4.69) is 4.72 Å². The van der Waals surface area contributed by atoms with Gasteiger partial charge in [0.25, 0.3) is 15.7 Å². The molecule has 0 radical (unpaired) electrons. The summed E-state index contributed by atoms with van der Waals surface area (Å²) in [6, 6.07) is 11.9. The number of rotatable bonds is 6. The first-order valence-corrected chi connectivity index (χ1v) is 8.89. The average molecular weight is 338 g/mol. The van der Waals surface area contributed by atoms with Gasteiger partial charge in [0.2, 0.25) is 0 Å². The smallest absolute Gasteiger partial charge is 0.270 e. The van der Waals surface area contributed by atoms with Gasteiger partial charge >= 0.3 is 0 Å². The molecule has 0 bridgehead atoms. The Balaban J connectivity index is 2.23. The van der Waals surface area contributed by atoms with E-state index in [1.807, 2.05) is 19.1 Å². The molecular weight excluding hydrogens is 324 g/mol. The fourth-order valence-electron chi connectivity index (χ4n) is 1.76. The van der Waals surface area contributed by atoms with Crippen LogP contribution in [0.15, 0.2) is 58.3 Å². The van der Waals surface area contributed by atoms with E-state index in [1.54, 1.807) is 23.9 Å². The largest absolute Gasteiger partial charge is 0.280 e. The van der Waals surface area contributed by atoms with Gasteiger partial charge in [-0.1, -0.05) is 13.0 Å². The molecule has 0 aliphatic carbocycles. The number of nitrogens with zero attached hydrogens (tertiary/aromatic N) is 1.